The van der Waals surface area contributed by atoms with Crippen molar-refractivity contribution in [1.29, 1.82) is 0 Å². The van der Waals surface area contributed by atoms with Crippen LogP contribution in [0.2, 0.25) is 0 Å². The molecule has 3 heteroatoms. The Kier molecular flexibility index (Phi) is 5.69. The summed E-state index contributed by atoms with van der Waals surface area (Å²) >= 11 is 0. The summed E-state index contributed by atoms with van der Waals surface area (Å²) in [5.41, 5.74) is 3.15. The van der Waals surface area contributed by atoms with E-state index in [4.69, 9.17) is 4.74 Å². The Morgan fingerprint density at radius 1 is 0.808 bits per heavy atom. The van der Waals surface area contributed by atoms with E-state index in [2.05, 4.69) is 29.2 Å². The molecule has 0 saturated carbocycles. The summed E-state index contributed by atoms with van der Waals surface area (Å²) in [6.07, 6.45) is 0.771. The first kappa shape index (κ1) is 17.7. The second kappa shape index (κ2) is 8.34. The number of esters is 1. The summed E-state index contributed by atoms with van der Waals surface area (Å²) in [4.78, 5) is 14.1. The minimum atomic E-state index is -0.191. The van der Waals surface area contributed by atoms with Crippen molar-refractivity contribution in [2.45, 2.75) is 20.3 Å². The summed E-state index contributed by atoms with van der Waals surface area (Å²) in [6.45, 7) is 3.86. The fraction of sp³-hybridized carbons (Fsp3) is 0.174. The van der Waals surface area contributed by atoms with Crippen molar-refractivity contribution in [2.75, 3.05) is 4.90 Å². The fourth-order valence-corrected chi connectivity index (χ4v) is 2.65. The van der Waals surface area contributed by atoms with E-state index >= 15 is 0 Å². The average molecular weight is 345 g/mol. The highest BCUT2D eigenvalue weighted by Gasteiger charge is 2.15. The van der Waals surface area contributed by atoms with Crippen LogP contribution in [0, 0.1) is 5.92 Å². The first-order valence-corrected chi connectivity index (χ1v) is 8.91. The van der Waals surface area contributed by atoms with Gasteiger partial charge in [-0.2, -0.15) is 0 Å². The van der Waals surface area contributed by atoms with Crippen LogP contribution in [0.1, 0.15) is 20.3 Å². The number of carbonyl (C=O) groups is 1. The number of ether oxygens (including phenoxy) is 1. The second-order valence-corrected chi connectivity index (χ2v) is 6.23. The molecule has 0 saturated heterocycles. The first-order valence-electron chi connectivity index (χ1n) is 8.91. The van der Waals surface area contributed by atoms with Crippen LogP contribution in [-0.4, -0.2) is 5.97 Å². The third-order valence-corrected chi connectivity index (χ3v) is 4.36. The Balaban J connectivity index is 1.89. The molecule has 3 aromatic rings. The largest absolute Gasteiger partial charge is 0.426 e. The van der Waals surface area contributed by atoms with Gasteiger partial charge in [-0.15, -0.1) is 0 Å². The fourth-order valence-electron chi connectivity index (χ4n) is 2.65. The van der Waals surface area contributed by atoms with Crippen LogP contribution in [0.5, 0.6) is 5.75 Å². The smallest absolute Gasteiger partial charge is 0.314 e. The van der Waals surface area contributed by atoms with Gasteiger partial charge in [0.2, 0.25) is 0 Å². The van der Waals surface area contributed by atoms with Crippen LogP contribution in [0.25, 0.3) is 0 Å². The summed E-state index contributed by atoms with van der Waals surface area (Å²) < 4.78 is 5.46. The van der Waals surface area contributed by atoms with E-state index in [1.165, 1.54) is 0 Å². The summed E-state index contributed by atoms with van der Waals surface area (Å²) in [5.74, 6) is 0.281. The van der Waals surface area contributed by atoms with Gasteiger partial charge in [-0.3, -0.25) is 4.79 Å². The molecule has 0 spiro atoms. The molecule has 0 heterocycles. The molecule has 0 aliphatic carbocycles. The van der Waals surface area contributed by atoms with Crippen LogP contribution < -0.4 is 9.64 Å². The number of benzene rings is 3. The van der Waals surface area contributed by atoms with Gasteiger partial charge in [0, 0.05) is 17.1 Å². The average Bonchev–Trinajstić information content (AvgIpc) is 2.70. The zero-order chi connectivity index (χ0) is 18.4. The van der Waals surface area contributed by atoms with Gasteiger partial charge in [0.05, 0.1) is 5.92 Å². The highest BCUT2D eigenvalue weighted by atomic mass is 16.5. The molecule has 3 aromatic carbocycles. The van der Waals surface area contributed by atoms with Crippen LogP contribution >= 0.6 is 0 Å². The predicted molar refractivity (Wildman–Crippen MR) is 106 cm³/mol. The van der Waals surface area contributed by atoms with Crippen LogP contribution in [0.3, 0.4) is 0 Å². The number of anilines is 3. The van der Waals surface area contributed by atoms with Gasteiger partial charge in [-0.1, -0.05) is 50.2 Å². The van der Waals surface area contributed by atoms with Crippen molar-refractivity contribution in [3.05, 3.63) is 84.9 Å². The van der Waals surface area contributed by atoms with E-state index in [0.717, 1.165) is 23.5 Å². The lowest BCUT2D eigenvalue weighted by Crippen LogP contribution is -2.17. The molecule has 0 aromatic heterocycles. The SMILES string of the molecule is CCC(C)C(=O)Oc1ccc(N(c2ccccc2)c2ccccc2)cc1. The van der Waals surface area contributed by atoms with Gasteiger partial charge in [-0.25, -0.2) is 0 Å². The van der Waals surface area contributed by atoms with Crippen molar-refractivity contribution in [1.82, 2.24) is 0 Å². The number of rotatable bonds is 6. The van der Waals surface area contributed by atoms with E-state index < -0.39 is 0 Å². The third kappa shape index (κ3) is 4.12. The van der Waals surface area contributed by atoms with Gasteiger partial charge in [0.1, 0.15) is 5.75 Å². The number of hydrogen-bond donors (Lipinski definition) is 0. The van der Waals surface area contributed by atoms with E-state index in [-0.39, 0.29) is 11.9 Å². The number of para-hydroxylation sites is 2. The number of carbonyl (C=O) groups excluding carboxylic acids is 1. The maximum Gasteiger partial charge on any atom is 0.314 e. The minimum Gasteiger partial charge on any atom is -0.426 e. The van der Waals surface area contributed by atoms with Crippen LogP contribution in [-0.2, 0) is 4.79 Å². The van der Waals surface area contributed by atoms with Gasteiger partial charge >= 0.3 is 5.97 Å². The molecular formula is C23H23NO2. The zero-order valence-electron chi connectivity index (χ0n) is 15.1. The topological polar surface area (TPSA) is 29.5 Å². The third-order valence-electron chi connectivity index (χ3n) is 4.36. The molecule has 0 bridgehead atoms. The Bertz CT molecular complexity index is 790. The molecular weight excluding hydrogens is 322 g/mol. The highest BCUT2D eigenvalue weighted by molar-refractivity contribution is 5.78. The Morgan fingerprint density at radius 2 is 1.27 bits per heavy atom. The van der Waals surface area contributed by atoms with Crippen molar-refractivity contribution >= 4 is 23.0 Å². The summed E-state index contributed by atoms with van der Waals surface area (Å²) in [6, 6.07) is 28.0. The minimum absolute atomic E-state index is 0.0974. The molecule has 1 atom stereocenters. The normalized spacial score (nSPS) is 11.6. The molecule has 0 fully saturated rings. The van der Waals surface area contributed by atoms with Gasteiger partial charge < -0.3 is 9.64 Å². The van der Waals surface area contributed by atoms with Crippen molar-refractivity contribution in [3.63, 3.8) is 0 Å². The molecule has 0 N–H and O–H groups in total. The second-order valence-electron chi connectivity index (χ2n) is 6.23. The van der Waals surface area contributed by atoms with E-state index in [0.29, 0.717) is 5.75 Å². The predicted octanol–water partition coefficient (Wildman–Crippen LogP) is 6.11. The molecule has 1 unspecified atom stereocenters. The first-order chi connectivity index (χ1) is 12.7. The van der Waals surface area contributed by atoms with Crippen LogP contribution in [0.4, 0.5) is 17.1 Å². The molecule has 0 radical (unpaired) electrons. The van der Waals surface area contributed by atoms with Gasteiger partial charge in [0.25, 0.3) is 0 Å². The van der Waals surface area contributed by atoms with E-state index in [9.17, 15) is 4.79 Å². The van der Waals surface area contributed by atoms with Crippen molar-refractivity contribution in [2.24, 2.45) is 5.92 Å². The molecule has 0 aliphatic rings. The molecule has 26 heavy (non-hydrogen) atoms. The summed E-state index contributed by atoms with van der Waals surface area (Å²) in [7, 11) is 0. The molecule has 0 aliphatic heterocycles. The van der Waals surface area contributed by atoms with Gasteiger partial charge in [0.15, 0.2) is 0 Å². The lowest BCUT2D eigenvalue weighted by Gasteiger charge is -2.25. The molecule has 0 amide bonds. The lowest BCUT2D eigenvalue weighted by atomic mass is 10.1. The molecule has 132 valence electrons. The lowest BCUT2D eigenvalue weighted by molar-refractivity contribution is -0.138. The zero-order valence-corrected chi connectivity index (χ0v) is 15.1. The summed E-state index contributed by atoms with van der Waals surface area (Å²) in [5, 5.41) is 0. The standard InChI is InChI=1S/C23H23NO2/c1-3-18(2)23(25)26-22-16-14-21(15-17-22)24(19-10-6-4-7-11-19)20-12-8-5-9-13-20/h4-18H,3H2,1-2H3. The highest BCUT2D eigenvalue weighted by Crippen LogP contribution is 2.34. The monoisotopic (exact) mass is 345 g/mol. The maximum absolute atomic E-state index is 12.0. The Hall–Kier alpha value is -3.07. The quantitative estimate of drug-likeness (QED) is 0.399. The van der Waals surface area contributed by atoms with Crippen molar-refractivity contribution in [3.8, 4) is 5.75 Å². The Labute approximate surface area is 154 Å². The van der Waals surface area contributed by atoms with E-state index in [1.807, 2.05) is 74.5 Å². The van der Waals surface area contributed by atoms with Gasteiger partial charge in [-0.05, 0) is 55.0 Å². The maximum atomic E-state index is 12.0. The molecule has 3 nitrogen and oxygen atoms in total. The van der Waals surface area contributed by atoms with Crippen molar-refractivity contribution < 1.29 is 9.53 Å². The Morgan fingerprint density at radius 3 is 1.73 bits per heavy atom. The van der Waals surface area contributed by atoms with Crippen LogP contribution in [0.15, 0.2) is 84.9 Å². The van der Waals surface area contributed by atoms with E-state index in [1.54, 1.807) is 0 Å². The number of hydrogen-bond acceptors (Lipinski definition) is 3. The molecule has 3 rings (SSSR count). The number of nitrogens with zero attached hydrogens (tertiary/aromatic N) is 1.